The third-order valence-corrected chi connectivity index (χ3v) is 5.13. The molecule has 8 nitrogen and oxygen atoms in total. The lowest BCUT2D eigenvalue weighted by Gasteiger charge is -2.34. The molecule has 0 bridgehead atoms. The summed E-state index contributed by atoms with van der Waals surface area (Å²) in [6.45, 7) is 7.33. The third kappa shape index (κ3) is 4.16. The lowest BCUT2D eigenvalue weighted by molar-refractivity contribution is -0.00805. The van der Waals surface area contributed by atoms with E-state index in [1.54, 1.807) is 0 Å². The van der Waals surface area contributed by atoms with Gasteiger partial charge in [0.15, 0.2) is 5.96 Å². The molecule has 1 N–H and O–H groups in total. The molecule has 0 aliphatic carbocycles. The van der Waals surface area contributed by atoms with Crippen LogP contribution in [-0.4, -0.2) is 57.2 Å². The normalized spacial score (nSPS) is 18.2. The van der Waals surface area contributed by atoms with Crippen molar-refractivity contribution in [3.05, 3.63) is 34.9 Å². The molecule has 148 valence electrons. The van der Waals surface area contributed by atoms with Gasteiger partial charge >= 0.3 is 0 Å². The van der Waals surface area contributed by atoms with Crippen molar-refractivity contribution in [3.63, 3.8) is 0 Å². The van der Waals surface area contributed by atoms with E-state index >= 15 is 0 Å². The van der Waals surface area contributed by atoms with Crippen LogP contribution in [0.15, 0.2) is 17.4 Å². The van der Waals surface area contributed by atoms with Gasteiger partial charge in [0.2, 0.25) is 0 Å². The van der Waals surface area contributed by atoms with Gasteiger partial charge in [0.25, 0.3) is 0 Å². The minimum atomic E-state index is 0.0156. The maximum Gasteiger partial charge on any atom is 0.194 e. The van der Waals surface area contributed by atoms with Crippen molar-refractivity contribution in [1.82, 2.24) is 29.8 Å². The van der Waals surface area contributed by atoms with Gasteiger partial charge in [0.1, 0.15) is 6.10 Å². The first-order valence-corrected chi connectivity index (χ1v) is 9.66. The Bertz CT molecular complexity index is 792. The number of aliphatic imine (C=N–C) groups is 1. The van der Waals surface area contributed by atoms with Crippen molar-refractivity contribution in [3.8, 4) is 0 Å². The summed E-state index contributed by atoms with van der Waals surface area (Å²) in [5.41, 5.74) is 4.84. The summed E-state index contributed by atoms with van der Waals surface area (Å²) < 4.78 is 9.77. The number of ether oxygens (including phenoxy) is 1. The predicted octanol–water partition coefficient (Wildman–Crippen LogP) is 1.43. The maximum absolute atomic E-state index is 5.95. The van der Waals surface area contributed by atoms with Crippen LogP contribution in [0.1, 0.15) is 42.5 Å². The van der Waals surface area contributed by atoms with E-state index in [4.69, 9.17) is 4.74 Å². The second-order valence-corrected chi connectivity index (χ2v) is 6.86. The van der Waals surface area contributed by atoms with E-state index in [9.17, 15) is 0 Å². The third-order valence-electron chi connectivity index (χ3n) is 5.13. The van der Waals surface area contributed by atoms with Gasteiger partial charge in [0, 0.05) is 57.3 Å². The Labute approximate surface area is 161 Å². The van der Waals surface area contributed by atoms with Crippen LogP contribution in [0.4, 0.5) is 0 Å². The number of hydrogen-bond acceptors (Lipinski definition) is 4. The van der Waals surface area contributed by atoms with Crippen LogP contribution < -0.4 is 5.32 Å². The Kier molecular flexibility index (Phi) is 6.15. The molecule has 1 saturated heterocycles. The molecule has 1 aliphatic heterocycles. The first-order valence-electron chi connectivity index (χ1n) is 9.66. The Morgan fingerprint density at radius 2 is 2.15 bits per heavy atom. The van der Waals surface area contributed by atoms with Crippen LogP contribution in [0.25, 0.3) is 0 Å². The van der Waals surface area contributed by atoms with Crippen LogP contribution in [0, 0.1) is 0 Å². The van der Waals surface area contributed by atoms with Crippen molar-refractivity contribution in [2.45, 2.75) is 39.3 Å². The van der Waals surface area contributed by atoms with Crippen molar-refractivity contribution < 1.29 is 4.74 Å². The number of guanidine groups is 1. The van der Waals surface area contributed by atoms with E-state index in [0.29, 0.717) is 6.61 Å². The fraction of sp³-hybridized carbons (Fsp3) is 0.632. The summed E-state index contributed by atoms with van der Waals surface area (Å²) >= 11 is 0. The van der Waals surface area contributed by atoms with Crippen LogP contribution in [-0.2, 0) is 38.2 Å². The molecule has 1 unspecified atom stereocenters. The molecule has 0 saturated carbocycles. The Morgan fingerprint density at radius 3 is 2.78 bits per heavy atom. The molecule has 2 aromatic heterocycles. The van der Waals surface area contributed by atoms with Gasteiger partial charge in [-0.2, -0.15) is 10.2 Å². The summed E-state index contributed by atoms with van der Waals surface area (Å²) in [5, 5.41) is 12.5. The van der Waals surface area contributed by atoms with E-state index in [1.165, 1.54) is 11.3 Å². The summed E-state index contributed by atoms with van der Waals surface area (Å²) in [6.07, 6.45) is 5.81. The number of rotatable bonds is 5. The molecule has 1 atom stereocenters. The Hall–Kier alpha value is -2.35. The highest BCUT2D eigenvalue weighted by atomic mass is 16.5. The van der Waals surface area contributed by atoms with Crippen molar-refractivity contribution >= 4 is 5.96 Å². The monoisotopic (exact) mass is 373 g/mol. The predicted molar refractivity (Wildman–Crippen MR) is 106 cm³/mol. The molecule has 3 rings (SSSR count). The zero-order valence-corrected chi connectivity index (χ0v) is 17.1. The molecular formula is C19H31N7O. The van der Waals surface area contributed by atoms with Crippen LogP contribution in [0.5, 0.6) is 0 Å². The van der Waals surface area contributed by atoms with Gasteiger partial charge in [-0.3, -0.25) is 14.4 Å². The molecule has 2 aromatic rings. The highest BCUT2D eigenvalue weighted by Crippen LogP contribution is 2.22. The number of nitrogens with one attached hydrogen (secondary N) is 1. The minimum absolute atomic E-state index is 0.0156. The van der Waals surface area contributed by atoms with Gasteiger partial charge in [0.05, 0.1) is 25.0 Å². The van der Waals surface area contributed by atoms with Gasteiger partial charge in [-0.15, -0.1) is 0 Å². The highest BCUT2D eigenvalue weighted by molar-refractivity contribution is 5.80. The summed E-state index contributed by atoms with van der Waals surface area (Å²) in [6, 6.07) is 0. The van der Waals surface area contributed by atoms with Crippen molar-refractivity contribution in [2.24, 2.45) is 19.1 Å². The minimum Gasteiger partial charge on any atom is -0.370 e. The average molecular weight is 374 g/mol. The van der Waals surface area contributed by atoms with Gasteiger partial charge in [-0.25, -0.2) is 0 Å². The van der Waals surface area contributed by atoms with E-state index in [-0.39, 0.29) is 6.10 Å². The zero-order chi connectivity index (χ0) is 19.4. The zero-order valence-electron chi connectivity index (χ0n) is 17.1. The van der Waals surface area contributed by atoms with Crippen molar-refractivity contribution in [1.29, 1.82) is 0 Å². The number of morpholine rings is 1. The summed E-state index contributed by atoms with van der Waals surface area (Å²) in [4.78, 5) is 6.76. The van der Waals surface area contributed by atoms with Crippen LogP contribution in [0.2, 0.25) is 0 Å². The largest absolute Gasteiger partial charge is 0.370 e. The molecule has 0 spiro atoms. The van der Waals surface area contributed by atoms with Crippen LogP contribution in [0.3, 0.4) is 0 Å². The molecule has 27 heavy (non-hydrogen) atoms. The lowest BCUT2D eigenvalue weighted by atomic mass is 10.1. The Balaban J connectivity index is 1.69. The molecule has 8 heteroatoms. The molecule has 1 aliphatic rings. The molecule has 3 heterocycles. The van der Waals surface area contributed by atoms with E-state index in [2.05, 4.69) is 39.3 Å². The second-order valence-electron chi connectivity index (χ2n) is 6.86. The van der Waals surface area contributed by atoms with E-state index in [0.717, 1.165) is 49.7 Å². The summed E-state index contributed by atoms with van der Waals surface area (Å²) in [5.74, 6) is 0.903. The van der Waals surface area contributed by atoms with E-state index < -0.39 is 0 Å². The quantitative estimate of drug-likeness (QED) is 0.634. The molecular weight excluding hydrogens is 342 g/mol. The fourth-order valence-electron chi connectivity index (χ4n) is 3.74. The molecule has 0 amide bonds. The number of hydrogen-bond donors (Lipinski definition) is 1. The van der Waals surface area contributed by atoms with Crippen molar-refractivity contribution in [2.75, 3.05) is 26.7 Å². The van der Waals surface area contributed by atoms with Crippen LogP contribution >= 0.6 is 0 Å². The SMILES string of the molecule is CCc1nn(C)c(CC)c1CNC(=NC)N1CCOC(c2cnn(C)c2)C1. The number of aryl methyl sites for hydroxylation is 3. The standard InChI is InChI=1S/C19H31N7O/c1-6-16-15(17(7-2)25(5)23-16)11-21-19(20-3)26-8-9-27-18(13-26)14-10-22-24(4)12-14/h10,12,18H,6-9,11,13H2,1-5H3,(H,20,21). The molecule has 1 fully saturated rings. The van der Waals surface area contributed by atoms with E-state index in [1.807, 2.05) is 42.9 Å². The second kappa shape index (κ2) is 8.56. The topological polar surface area (TPSA) is 72.5 Å². The average Bonchev–Trinajstić information content (AvgIpc) is 3.25. The Morgan fingerprint density at radius 1 is 1.33 bits per heavy atom. The van der Waals surface area contributed by atoms with Gasteiger partial charge in [-0.05, 0) is 12.8 Å². The first-order chi connectivity index (χ1) is 13.1. The van der Waals surface area contributed by atoms with Gasteiger partial charge < -0.3 is 15.0 Å². The number of aromatic nitrogens is 4. The summed E-state index contributed by atoms with van der Waals surface area (Å²) in [7, 11) is 5.79. The number of nitrogens with zero attached hydrogens (tertiary/aromatic N) is 6. The highest BCUT2D eigenvalue weighted by Gasteiger charge is 2.25. The smallest absolute Gasteiger partial charge is 0.194 e. The first kappa shape index (κ1) is 19.4. The molecule has 0 radical (unpaired) electrons. The van der Waals surface area contributed by atoms with Gasteiger partial charge in [-0.1, -0.05) is 13.8 Å². The fourth-order valence-corrected chi connectivity index (χ4v) is 3.74. The maximum atomic E-state index is 5.95. The molecule has 0 aromatic carbocycles. The lowest BCUT2D eigenvalue weighted by Crippen LogP contribution is -2.48.